The van der Waals surface area contributed by atoms with Gasteiger partial charge in [-0.1, -0.05) is 6.92 Å². The van der Waals surface area contributed by atoms with Crippen LogP contribution in [0.15, 0.2) is 23.1 Å². The molecule has 1 aromatic carbocycles. The zero-order chi connectivity index (χ0) is 13.3. The van der Waals surface area contributed by atoms with Gasteiger partial charge in [0.1, 0.15) is 10.7 Å². The van der Waals surface area contributed by atoms with Crippen molar-refractivity contribution in [2.24, 2.45) is 0 Å². The highest BCUT2D eigenvalue weighted by Gasteiger charge is 2.30. The van der Waals surface area contributed by atoms with Crippen LogP contribution in [0.4, 0.5) is 4.39 Å². The molecule has 98 valence electrons. The highest BCUT2D eigenvalue weighted by Crippen LogP contribution is 2.24. The third kappa shape index (κ3) is 2.76. The van der Waals surface area contributed by atoms with Crippen molar-refractivity contribution < 1.29 is 17.6 Å². The lowest BCUT2D eigenvalue weighted by Crippen LogP contribution is -2.26. The summed E-state index contributed by atoms with van der Waals surface area (Å²) in [6.07, 6.45) is 1.80. The van der Waals surface area contributed by atoms with E-state index in [4.69, 9.17) is 0 Å². The summed E-state index contributed by atoms with van der Waals surface area (Å²) < 4.78 is 39.8. The number of ketones is 1. The topological polar surface area (TPSA) is 63.2 Å². The van der Waals surface area contributed by atoms with Crippen LogP contribution in [0.5, 0.6) is 0 Å². The van der Waals surface area contributed by atoms with Crippen LogP contribution in [0.1, 0.15) is 36.5 Å². The van der Waals surface area contributed by atoms with Crippen LogP contribution >= 0.6 is 0 Å². The zero-order valence-corrected chi connectivity index (χ0v) is 10.8. The predicted octanol–water partition coefficient (Wildman–Crippen LogP) is 1.86. The first-order chi connectivity index (χ1) is 8.44. The molecule has 1 N–H and O–H groups in total. The molecule has 18 heavy (non-hydrogen) atoms. The molecule has 0 saturated heterocycles. The molecule has 1 aliphatic rings. The van der Waals surface area contributed by atoms with Crippen molar-refractivity contribution in [3.63, 3.8) is 0 Å². The molecule has 1 aliphatic carbocycles. The van der Waals surface area contributed by atoms with E-state index in [1.807, 2.05) is 0 Å². The van der Waals surface area contributed by atoms with Crippen LogP contribution in [-0.2, 0) is 10.0 Å². The van der Waals surface area contributed by atoms with Crippen LogP contribution in [-0.4, -0.2) is 20.2 Å². The van der Waals surface area contributed by atoms with Gasteiger partial charge in [0.05, 0.1) is 0 Å². The lowest BCUT2D eigenvalue weighted by Gasteiger charge is -2.08. The number of carbonyl (C=O) groups excluding carboxylic acids is 1. The maximum atomic E-state index is 13.6. The van der Waals surface area contributed by atoms with Gasteiger partial charge in [0.25, 0.3) is 0 Å². The van der Waals surface area contributed by atoms with E-state index in [-0.39, 0.29) is 23.8 Å². The second-order valence-electron chi connectivity index (χ2n) is 4.32. The second kappa shape index (κ2) is 4.78. The Kier molecular flexibility index (Phi) is 3.49. The standard InChI is InChI=1S/C12H14FNO3S/c1-2-11(15)8-3-6-10(13)12(7-8)18(16,17)14-9-4-5-9/h3,6-7,9,14H,2,4-5H2,1H3. The van der Waals surface area contributed by atoms with Crippen molar-refractivity contribution in [3.05, 3.63) is 29.6 Å². The van der Waals surface area contributed by atoms with Gasteiger partial charge in [0.15, 0.2) is 5.78 Å². The first-order valence-electron chi connectivity index (χ1n) is 5.79. The van der Waals surface area contributed by atoms with Crippen LogP contribution < -0.4 is 4.72 Å². The van der Waals surface area contributed by atoms with E-state index >= 15 is 0 Å². The highest BCUT2D eigenvalue weighted by atomic mass is 32.2. The van der Waals surface area contributed by atoms with Gasteiger partial charge in [-0.15, -0.1) is 0 Å². The Balaban J connectivity index is 2.39. The van der Waals surface area contributed by atoms with Gasteiger partial charge in [-0.05, 0) is 31.0 Å². The quantitative estimate of drug-likeness (QED) is 0.831. The molecular formula is C12H14FNO3S. The minimum atomic E-state index is -3.87. The molecule has 1 saturated carbocycles. The number of hydrogen-bond acceptors (Lipinski definition) is 3. The number of nitrogens with one attached hydrogen (secondary N) is 1. The van der Waals surface area contributed by atoms with Crippen molar-refractivity contribution in [2.75, 3.05) is 0 Å². The van der Waals surface area contributed by atoms with E-state index in [9.17, 15) is 17.6 Å². The fraction of sp³-hybridized carbons (Fsp3) is 0.417. The van der Waals surface area contributed by atoms with Gasteiger partial charge in [-0.2, -0.15) is 0 Å². The van der Waals surface area contributed by atoms with Crippen molar-refractivity contribution in [1.29, 1.82) is 0 Å². The summed E-state index contributed by atoms with van der Waals surface area (Å²) in [6.45, 7) is 1.67. The third-order valence-electron chi connectivity index (χ3n) is 2.76. The van der Waals surface area contributed by atoms with Gasteiger partial charge in [-0.3, -0.25) is 4.79 Å². The molecule has 0 unspecified atom stereocenters. The maximum absolute atomic E-state index is 13.6. The lowest BCUT2D eigenvalue weighted by molar-refractivity contribution is 0.0988. The Labute approximate surface area is 105 Å². The fourth-order valence-corrected chi connectivity index (χ4v) is 2.98. The molecule has 6 heteroatoms. The summed E-state index contributed by atoms with van der Waals surface area (Å²) in [6, 6.07) is 3.33. The molecule has 2 rings (SSSR count). The number of Topliss-reactive ketones (excluding diaryl/α,β-unsaturated/α-hetero) is 1. The Morgan fingerprint density at radius 1 is 1.44 bits per heavy atom. The molecule has 0 bridgehead atoms. The van der Waals surface area contributed by atoms with E-state index in [1.165, 1.54) is 6.07 Å². The SMILES string of the molecule is CCC(=O)c1ccc(F)c(S(=O)(=O)NC2CC2)c1. The molecule has 0 radical (unpaired) electrons. The Morgan fingerprint density at radius 3 is 2.67 bits per heavy atom. The lowest BCUT2D eigenvalue weighted by atomic mass is 10.1. The zero-order valence-electron chi connectivity index (χ0n) is 9.94. The number of hydrogen-bond donors (Lipinski definition) is 1. The smallest absolute Gasteiger partial charge is 0.243 e. The molecule has 0 atom stereocenters. The summed E-state index contributed by atoms with van der Waals surface area (Å²) in [5.41, 5.74) is 0.218. The average molecular weight is 271 g/mol. The van der Waals surface area contributed by atoms with E-state index in [2.05, 4.69) is 4.72 Å². The molecule has 0 heterocycles. The van der Waals surface area contributed by atoms with Gasteiger partial charge in [0.2, 0.25) is 10.0 Å². The third-order valence-corrected chi connectivity index (χ3v) is 4.30. The van der Waals surface area contributed by atoms with Crippen LogP contribution in [0.2, 0.25) is 0 Å². The van der Waals surface area contributed by atoms with Gasteiger partial charge >= 0.3 is 0 Å². The normalized spacial score (nSPS) is 15.7. The second-order valence-corrected chi connectivity index (χ2v) is 6.00. The molecular weight excluding hydrogens is 257 g/mol. The van der Waals surface area contributed by atoms with E-state index in [0.29, 0.717) is 0 Å². The molecule has 0 aliphatic heterocycles. The Bertz CT molecular complexity index is 579. The molecule has 4 nitrogen and oxygen atoms in total. The first-order valence-corrected chi connectivity index (χ1v) is 7.27. The highest BCUT2D eigenvalue weighted by molar-refractivity contribution is 7.89. The predicted molar refractivity (Wildman–Crippen MR) is 64.4 cm³/mol. The number of sulfonamides is 1. The van der Waals surface area contributed by atoms with Gasteiger partial charge in [0, 0.05) is 18.0 Å². The minimum Gasteiger partial charge on any atom is -0.294 e. The van der Waals surface area contributed by atoms with E-state index < -0.39 is 20.7 Å². The minimum absolute atomic E-state index is 0.0973. The van der Waals surface area contributed by atoms with Gasteiger partial charge < -0.3 is 0 Å². The maximum Gasteiger partial charge on any atom is 0.243 e. The Hall–Kier alpha value is -1.27. The molecule has 1 fully saturated rings. The summed E-state index contributed by atoms with van der Waals surface area (Å²) in [4.78, 5) is 11.1. The molecule has 0 aromatic heterocycles. The molecule has 0 amide bonds. The average Bonchev–Trinajstić information content (AvgIpc) is 3.11. The monoisotopic (exact) mass is 271 g/mol. The number of halogens is 1. The number of benzene rings is 1. The van der Waals surface area contributed by atoms with Crippen LogP contribution in [0.3, 0.4) is 0 Å². The fourth-order valence-electron chi connectivity index (χ4n) is 1.57. The summed E-state index contributed by atoms with van der Waals surface area (Å²) >= 11 is 0. The summed E-state index contributed by atoms with van der Waals surface area (Å²) in [5.74, 6) is -1.05. The number of rotatable bonds is 5. The van der Waals surface area contributed by atoms with Crippen molar-refractivity contribution in [1.82, 2.24) is 4.72 Å². The van der Waals surface area contributed by atoms with Crippen LogP contribution in [0, 0.1) is 5.82 Å². The van der Waals surface area contributed by atoms with Gasteiger partial charge in [-0.25, -0.2) is 17.5 Å². The number of carbonyl (C=O) groups is 1. The van der Waals surface area contributed by atoms with Crippen LogP contribution in [0.25, 0.3) is 0 Å². The first kappa shape index (κ1) is 13.2. The molecule has 0 spiro atoms. The van der Waals surface area contributed by atoms with Crippen molar-refractivity contribution >= 4 is 15.8 Å². The Morgan fingerprint density at radius 2 is 2.11 bits per heavy atom. The molecule has 1 aromatic rings. The van der Waals surface area contributed by atoms with Crippen molar-refractivity contribution in [3.8, 4) is 0 Å². The summed E-state index contributed by atoms with van der Waals surface area (Å²) in [5, 5.41) is 0. The van der Waals surface area contributed by atoms with E-state index in [1.54, 1.807) is 6.92 Å². The largest absolute Gasteiger partial charge is 0.294 e. The van der Waals surface area contributed by atoms with Crippen molar-refractivity contribution in [2.45, 2.75) is 37.1 Å². The summed E-state index contributed by atoms with van der Waals surface area (Å²) in [7, 11) is -3.87. The van der Waals surface area contributed by atoms with E-state index in [0.717, 1.165) is 25.0 Å².